The highest BCUT2D eigenvalue weighted by Crippen LogP contribution is 2.18. The largest absolute Gasteiger partial charge is 0.496 e. The van der Waals surface area contributed by atoms with Gasteiger partial charge in [0.15, 0.2) is 0 Å². The van der Waals surface area contributed by atoms with Crippen molar-refractivity contribution in [1.82, 2.24) is 14.8 Å². The van der Waals surface area contributed by atoms with Crippen LogP contribution in [0.1, 0.15) is 17.5 Å². The van der Waals surface area contributed by atoms with Crippen molar-refractivity contribution in [3.63, 3.8) is 0 Å². The second-order valence-electron chi connectivity index (χ2n) is 5.61. The summed E-state index contributed by atoms with van der Waals surface area (Å²) in [4.78, 5) is 16.2. The van der Waals surface area contributed by atoms with E-state index in [-0.39, 0.29) is 5.91 Å². The lowest BCUT2D eigenvalue weighted by atomic mass is 10.1. The zero-order chi connectivity index (χ0) is 17.5. The van der Waals surface area contributed by atoms with Crippen LogP contribution in [-0.4, -0.2) is 27.8 Å². The first kappa shape index (κ1) is 16.7. The average molecular weight is 336 g/mol. The lowest BCUT2D eigenvalue weighted by molar-refractivity contribution is -0.116. The molecule has 6 heteroatoms. The number of anilines is 1. The van der Waals surface area contributed by atoms with Crippen molar-refractivity contribution >= 4 is 11.9 Å². The molecule has 0 saturated carbocycles. The van der Waals surface area contributed by atoms with Gasteiger partial charge in [0.1, 0.15) is 12.1 Å². The zero-order valence-corrected chi connectivity index (χ0v) is 14.1. The van der Waals surface area contributed by atoms with Gasteiger partial charge in [0.2, 0.25) is 11.9 Å². The summed E-state index contributed by atoms with van der Waals surface area (Å²) in [7, 11) is 1.63. The van der Waals surface area contributed by atoms with Gasteiger partial charge in [0.25, 0.3) is 0 Å². The van der Waals surface area contributed by atoms with Gasteiger partial charge in [-0.3, -0.25) is 10.1 Å². The first-order valence-electron chi connectivity index (χ1n) is 8.10. The Morgan fingerprint density at radius 2 is 1.88 bits per heavy atom. The van der Waals surface area contributed by atoms with E-state index in [1.54, 1.807) is 18.1 Å². The SMILES string of the molecule is COc1ccccc1CCC(=O)Nc1ncn(Cc2ccccc2)n1. The van der Waals surface area contributed by atoms with E-state index in [0.717, 1.165) is 16.9 Å². The van der Waals surface area contributed by atoms with E-state index < -0.39 is 0 Å². The molecule has 2 aromatic carbocycles. The number of carbonyl (C=O) groups is 1. The molecular formula is C19H20N4O2. The molecule has 1 heterocycles. The van der Waals surface area contributed by atoms with Crippen molar-refractivity contribution in [1.29, 1.82) is 0 Å². The number of hydrogen-bond donors (Lipinski definition) is 1. The molecule has 1 N–H and O–H groups in total. The predicted octanol–water partition coefficient (Wildman–Crippen LogP) is 2.91. The monoisotopic (exact) mass is 336 g/mol. The molecule has 1 aromatic heterocycles. The van der Waals surface area contributed by atoms with Crippen molar-refractivity contribution in [2.45, 2.75) is 19.4 Å². The number of hydrogen-bond acceptors (Lipinski definition) is 4. The van der Waals surface area contributed by atoms with Gasteiger partial charge in [-0.15, -0.1) is 5.10 Å². The highest BCUT2D eigenvalue weighted by molar-refractivity contribution is 5.89. The number of methoxy groups -OCH3 is 1. The van der Waals surface area contributed by atoms with Crippen molar-refractivity contribution in [3.8, 4) is 5.75 Å². The number of nitrogens with zero attached hydrogens (tertiary/aromatic N) is 3. The maximum absolute atomic E-state index is 12.1. The van der Waals surface area contributed by atoms with Crippen LogP contribution >= 0.6 is 0 Å². The topological polar surface area (TPSA) is 69.0 Å². The molecule has 0 aliphatic heterocycles. The Morgan fingerprint density at radius 3 is 2.68 bits per heavy atom. The van der Waals surface area contributed by atoms with Gasteiger partial charge >= 0.3 is 0 Å². The second kappa shape index (κ2) is 8.10. The fourth-order valence-electron chi connectivity index (χ4n) is 2.54. The first-order chi connectivity index (χ1) is 12.2. The molecular weight excluding hydrogens is 316 g/mol. The Morgan fingerprint density at radius 1 is 1.12 bits per heavy atom. The van der Waals surface area contributed by atoms with Crippen LogP contribution in [0.4, 0.5) is 5.95 Å². The number of amides is 1. The molecule has 3 aromatic rings. The average Bonchev–Trinajstić information content (AvgIpc) is 3.07. The highest BCUT2D eigenvalue weighted by atomic mass is 16.5. The van der Waals surface area contributed by atoms with E-state index in [2.05, 4.69) is 15.4 Å². The third-order valence-corrected chi connectivity index (χ3v) is 3.79. The molecule has 25 heavy (non-hydrogen) atoms. The van der Waals surface area contributed by atoms with Crippen molar-refractivity contribution in [2.75, 3.05) is 12.4 Å². The lowest BCUT2D eigenvalue weighted by Gasteiger charge is -2.07. The summed E-state index contributed by atoms with van der Waals surface area (Å²) < 4.78 is 7.00. The Kier molecular flexibility index (Phi) is 5.41. The summed E-state index contributed by atoms with van der Waals surface area (Å²) in [6, 6.07) is 17.7. The number of ether oxygens (including phenoxy) is 1. The Hall–Kier alpha value is -3.15. The number of benzene rings is 2. The summed E-state index contributed by atoms with van der Waals surface area (Å²) in [6.45, 7) is 0.616. The molecule has 0 bridgehead atoms. The molecule has 0 spiro atoms. The fourth-order valence-corrected chi connectivity index (χ4v) is 2.54. The Bertz CT molecular complexity index is 830. The number of carbonyl (C=O) groups excluding carboxylic acids is 1. The summed E-state index contributed by atoms with van der Waals surface area (Å²) in [5.74, 6) is 0.991. The Labute approximate surface area is 146 Å². The molecule has 0 aliphatic carbocycles. The van der Waals surface area contributed by atoms with Crippen LogP contribution in [0.25, 0.3) is 0 Å². The molecule has 0 fully saturated rings. The van der Waals surface area contributed by atoms with Crippen molar-refractivity contribution in [2.24, 2.45) is 0 Å². The number of rotatable bonds is 7. The van der Waals surface area contributed by atoms with E-state index in [1.807, 2.05) is 54.6 Å². The fraction of sp³-hybridized carbons (Fsp3) is 0.211. The summed E-state index contributed by atoms with van der Waals surface area (Å²) in [6.07, 6.45) is 2.55. The van der Waals surface area contributed by atoms with Crippen LogP contribution in [0.15, 0.2) is 60.9 Å². The minimum Gasteiger partial charge on any atom is -0.496 e. The van der Waals surface area contributed by atoms with Crippen LogP contribution in [0.2, 0.25) is 0 Å². The summed E-state index contributed by atoms with van der Waals surface area (Å²) >= 11 is 0. The zero-order valence-electron chi connectivity index (χ0n) is 14.1. The smallest absolute Gasteiger partial charge is 0.248 e. The highest BCUT2D eigenvalue weighted by Gasteiger charge is 2.09. The molecule has 128 valence electrons. The van der Waals surface area contributed by atoms with Gasteiger partial charge in [0.05, 0.1) is 13.7 Å². The summed E-state index contributed by atoms with van der Waals surface area (Å²) in [5.41, 5.74) is 2.13. The van der Waals surface area contributed by atoms with Gasteiger partial charge in [-0.25, -0.2) is 9.67 Å². The maximum atomic E-state index is 12.1. The van der Waals surface area contributed by atoms with Gasteiger partial charge in [-0.1, -0.05) is 48.5 Å². The molecule has 1 amide bonds. The minimum absolute atomic E-state index is 0.122. The third kappa shape index (κ3) is 4.67. The van der Waals surface area contributed by atoms with Crippen LogP contribution in [-0.2, 0) is 17.8 Å². The van der Waals surface area contributed by atoms with Crippen LogP contribution < -0.4 is 10.1 Å². The lowest BCUT2D eigenvalue weighted by Crippen LogP contribution is -2.14. The molecule has 0 unspecified atom stereocenters. The normalized spacial score (nSPS) is 10.4. The molecule has 0 aliphatic rings. The first-order valence-corrected chi connectivity index (χ1v) is 8.10. The standard InChI is InChI=1S/C19H20N4O2/c1-25-17-10-6-5-9-16(17)11-12-18(24)21-19-20-14-23(22-19)13-15-7-3-2-4-8-15/h2-10,14H,11-13H2,1H3,(H,21,22,24). The van der Waals surface area contributed by atoms with Gasteiger partial charge in [0, 0.05) is 6.42 Å². The molecule has 3 rings (SSSR count). The molecule has 0 saturated heterocycles. The number of aromatic nitrogens is 3. The predicted molar refractivity (Wildman–Crippen MR) is 95.5 cm³/mol. The Balaban J connectivity index is 1.53. The number of para-hydroxylation sites is 1. The molecule has 0 radical (unpaired) electrons. The van der Waals surface area contributed by atoms with E-state index in [0.29, 0.717) is 25.3 Å². The molecule has 0 atom stereocenters. The summed E-state index contributed by atoms with van der Waals surface area (Å²) in [5, 5.41) is 7.02. The van der Waals surface area contributed by atoms with E-state index in [9.17, 15) is 4.79 Å². The maximum Gasteiger partial charge on any atom is 0.248 e. The third-order valence-electron chi connectivity index (χ3n) is 3.79. The van der Waals surface area contributed by atoms with Crippen molar-refractivity contribution in [3.05, 3.63) is 72.1 Å². The van der Waals surface area contributed by atoms with E-state index in [1.165, 1.54) is 0 Å². The van der Waals surface area contributed by atoms with E-state index >= 15 is 0 Å². The molecule has 6 nitrogen and oxygen atoms in total. The van der Waals surface area contributed by atoms with E-state index in [4.69, 9.17) is 4.74 Å². The van der Waals surface area contributed by atoms with Crippen LogP contribution in [0.5, 0.6) is 5.75 Å². The quantitative estimate of drug-likeness (QED) is 0.720. The van der Waals surface area contributed by atoms with Crippen LogP contribution in [0, 0.1) is 0 Å². The van der Waals surface area contributed by atoms with Gasteiger partial charge in [-0.2, -0.15) is 0 Å². The second-order valence-corrected chi connectivity index (χ2v) is 5.61. The number of nitrogens with one attached hydrogen (secondary N) is 1. The van der Waals surface area contributed by atoms with Gasteiger partial charge < -0.3 is 4.74 Å². The number of aryl methyl sites for hydroxylation is 1. The van der Waals surface area contributed by atoms with Crippen LogP contribution in [0.3, 0.4) is 0 Å². The van der Waals surface area contributed by atoms with Crippen molar-refractivity contribution < 1.29 is 9.53 Å². The minimum atomic E-state index is -0.122. The van der Waals surface area contributed by atoms with Gasteiger partial charge in [-0.05, 0) is 23.6 Å².